The van der Waals surface area contributed by atoms with Crippen molar-refractivity contribution < 1.29 is 19.8 Å². The van der Waals surface area contributed by atoms with E-state index in [1.807, 2.05) is 149 Å². The highest BCUT2D eigenvalue weighted by atomic mass is 16.3. The van der Waals surface area contributed by atoms with Gasteiger partial charge in [-0.15, -0.1) is 0 Å². The van der Waals surface area contributed by atoms with Crippen molar-refractivity contribution in [2.75, 3.05) is 0 Å². The second-order valence-corrected chi connectivity index (χ2v) is 11.4. The Hall–Kier alpha value is -4.26. The molecular formula is C36H40N2O4. The second kappa shape index (κ2) is 13.1. The summed E-state index contributed by atoms with van der Waals surface area (Å²) in [6.45, 7) is 7.56. The minimum Gasteiger partial charge on any atom is -0.378 e. The van der Waals surface area contributed by atoms with Gasteiger partial charge in [0.05, 0.1) is 12.1 Å². The molecule has 0 heterocycles. The molecule has 6 heteroatoms. The van der Waals surface area contributed by atoms with Crippen molar-refractivity contribution in [2.45, 2.75) is 51.0 Å². The van der Waals surface area contributed by atoms with E-state index in [1.54, 1.807) is 0 Å². The number of nitrogens with one attached hydrogen (secondary N) is 2. The largest absolute Gasteiger partial charge is 0.378 e. The monoisotopic (exact) mass is 564 g/mol. The molecule has 0 spiro atoms. The van der Waals surface area contributed by atoms with Gasteiger partial charge in [0.2, 0.25) is 0 Å². The van der Waals surface area contributed by atoms with Crippen LogP contribution in [0.3, 0.4) is 0 Å². The molecule has 6 nitrogen and oxygen atoms in total. The van der Waals surface area contributed by atoms with Gasteiger partial charge in [0.15, 0.2) is 0 Å². The molecule has 0 saturated carbocycles. The van der Waals surface area contributed by atoms with E-state index in [2.05, 4.69) is 10.6 Å². The summed E-state index contributed by atoms with van der Waals surface area (Å²) in [6.07, 6.45) is 0. The first-order valence-corrected chi connectivity index (χ1v) is 14.4. The SMILES string of the molecule is CC(C)[C@H](NC(=O)C(=O)N[C@@H](C(C)C)C(O)(c1ccccc1)c1ccccc1)C(O)(c1ccccc1)c1ccccc1. The fraction of sp³-hybridized carbons (Fsp3) is 0.278. The molecule has 218 valence electrons. The van der Waals surface area contributed by atoms with Crippen LogP contribution < -0.4 is 10.6 Å². The summed E-state index contributed by atoms with van der Waals surface area (Å²) in [5.74, 6) is -2.29. The van der Waals surface area contributed by atoms with Crippen molar-refractivity contribution >= 4 is 11.8 Å². The zero-order valence-electron chi connectivity index (χ0n) is 24.6. The molecule has 0 radical (unpaired) electrons. The molecule has 4 N–H and O–H groups in total. The quantitative estimate of drug-likeness (QED) is 0.201. The van der Waals surface area contributed by atoms with E-state index in [1.165, 1.54) is 0 Å². The van der Waals surface area contributed by atoms with E-state index in [9.17, 15) is 19.8 Å². The Bertz CT molecular complexity index is 1250. The maximum Gasteiger partial charge on any atom is 0.309 e. The Balaban J connectivity index is 1.69. The van der Waals surface area contributed by atoms with Gasteiger partial charge in [-0.3, -0.25) is 9.59 Å². The van der Waals surface area contributed by atoms with Crippen molar-refractivity contribution in [2.24, 2.45) is 11.8 Å². The van der Waals surface area contributed by atoms with Gasteiger partial charge >= 0.3 is 11.8 Å². The number of carbonyl (C=O) groups is 2. The van der Waals surface area contributed by atoms with Crippen molar-refractivity contribution in [1.82, 2.24) is 10.6 Å². The molecular weight excluding hydrogens is 524 g/mol. The van der Waals surface area contributed by atoms with Gasteiger partial charge in [-0.25, -0.2) is 0 Å². The van der Waals surface area contributed by atoms with Crippen LogP contribution in [-0.4, -0.2) is 34.1 Å². The molecule has 0 aliphatic rings. The third-order valence-corrected chi connectivity index (χ3v) is 7.87. The molecule has 0 unspecified atom stereocenters. The highest BCUT2D eigenvalue weighted by Crippen LogP contribution is 2.37. The highest BCUT2D eigenvalue weighted by Gasteiger charge is 2.46. The molecule has 4 aromatic carbocycles. The van der Waals surface area contributed by atoms with Crippen molar-refractivity contribution in [3.05, 3.63) is 144 Å². The maximum atomic E-state index is 13.6. The Labute approximate surface area is 248 Å². The first-order valence-electron chi connectivity index (χ1n) is 14.4. The number of hydrogen-bond acceptors (Lipinski definition) is 4. The number of benzene rings is 4. The van der Waals surface area contributed by atoms with Crippen LogP contribution in [-0.2, 0) is 20.8 Å². The van der Waals surface area contributed by atoms with Gasteiger partial charge in [0.1, 0.15) is 11.2 Å². The molecule has 0 fully saturated rings. The number of aliphatic hydroxyl groups is 2. The lowest BCUT2D eigenvalue weighted by Crippen LogP contribution is -2.60. The standard InChI is InChI=1S/C36H40N2O4/c1-25(2)31(35(41,27-17-9-5-10-18-27)28-19-11-6-12-20-28)37-33(39)34(40)38-32(26(3)4)36(42,29-21-13-7-14-22-29)30-23-15-8-16-24-30/h5-26,31-32,41-42H,1-4H3,(H,37,39)(H,38,40)/t31-,32-/m0/s1. The van der Waals surface area contributed by atoms with Gasteiger partial charge in [-0.05, 0) is 34.1 Å². The van der Waals surface area contributed by atoms with E-state index in [-0.39, 0.29) is 11.8 Å². The maximum absolute atomic E-state index is 13.6. The molecule has 2 amide bonds. The van der Waals surface area contributed by atoms with Crippen LogP contribution >= 0.6 is 0 Å². The molecule has 0 bridgehead atoms. The highest BCUT2D eigenvalue weighted by molar-refractivity contribution is 6.35. The lowest BCUT2D eigenvalue weighted by Gasteiger charge is -2.41. The lowest BCUT2D eigenvalue weighted by atomic mass is 9.75. The van der Waals surface area contributed by atoms with Crippen LogP contribution in [0.1, 0.15) is 49.9 Å². The smallest absolute Gasteiger partial charge is 0.309 e. The Kier molecular flexibility index (Phi) is 9.61. The van der Waals surface area contributed by atoms with E-state index in [0.29, 0.717) is 22.3 Å². The Morgan fingerprint density at radius 1 is 0.476 bits per heavy atom. The van der Waals surface area contributed by atoms with Gasteiger partial charge in [-0.2, -0.15) is 0 Å². The van der Waals surface area contributed by atoms with E-state index in [0.717, 1.165) is 0 Å². The van der Waals surface area contributed by atoms with Gasteiger partial charge in [-0.1, -0.05) is 149 Å². The predicted molar refractivity (Wildman–Crippen MR) is 165 cm³/mol. The molecule has 42 heavy (non-hydrogen) atoms. The van der Waals surface area contributed by atoms with E-state index in [4.69, 9.17) is 0 Å². The summed E-state index contributed by atoms with van der Waals surface area (Å²) in [4.78, 5) is 27.2. The summed E-state index contributed by atoms with van der Waals surface area (Å²) >= 11 is 0. The van der Waals surface area contributed by atoms with Crippen LogP contribution in [0, 0.1) is 11.8 Å². The van der Waals surface area contributed by atoms with Gasteiger partial charge < -0.3 is 20.8 Å². The summed E-state index contributed by atoms with van der Waals surface area (Å²) in [6, 6.07) is 34.9. The van der Waals surface area contributed by atoms with Crippen LogP contribution in [0.25, 0.3) is 0 Å². The first-order chi connectivity index (χ1) is 20.1. The lowest BCUT2D eigenvalue weighted by molar-refractivity contribution is -0.142. The third kappa shape index (κ3) is 6.15. The molecule has 0 aromatic heterocycles. The zero-order valence-corrected chi connectivity index (χ0v) is 24.6. The minimum atomic E-state index is -1.61. The average Bonchev–Trinajstić information content (AvgIpc) is 3.02. The molecule has 4 rings (SSSR count). The second-order valence-electron chi connectivity index (χ2n) is 11.4. The van der Waals surface area contributed by atoms with Crippen LogP contribution in [0.2, 0.25) is 0 Å². The fourth-order valence-corrected chi connectivity index (χ4v) is 5.74. The number of hydrogen-bond donors (Lipinski definition) is 4. The summed E-state index contributed by atoms with van der Waals surface area (Å²) in [5, 5.41) is 30.3. The molecule has 0 aliphatic carbocycles. The molecule has 2 atom stereocenters. The van der Waals surface area contributed by atoms with E-state index < -0.39 is 35.1 Å². The van der Waals surface area contributed by atoms with Crippen molar-refractivity contribution in [1.29, 1.82) is 0 Å². The topological polar surface area (TPSA) is 98.7 Å². The van der Waals surface area contributed by atoms with Crippen LogP contribution in [0.4, 0.5) is 0 Å². The Morgan fingerprint density at radius 2 is 0.690 bits per heavy atom. The Morgan fingerprint density at radius 3 is 0.881 bits per heavy atom. The van der Waals surface area contributed by atoms with Crippen LogP contribution in [0.5, 0.6) is 0 Å². The molecule has 0 saturated heterocycles. The minimum absolute atomic E-state index is 0.251. The number of amides is 2. The van der Waals surface area contributed by atoms with Crippen LogP contribution in [0.15, 0.2) is 121 Å². The fourth-order valence-electron chi connectivity index (χ4n) is 5.74. The van der Waals surface area contributed by atoms with Gasteiger partial charge in [0, 0.05) is 0 Å². The number of rotatable bonds is 10. The van der Waals surface area contributed by atoms with Gasteiger partial charge in [0.25, 0.3) is 0 Å². The summed E-state index contributed by atoms with van der Waals surface area (Å²) in [5.41, 5.74) is -0.842. The average molecular weight is 565 g/mol. The summed E-state index contributed by atoms with van der Waals surface area (Å²) < 4.78 is 0. The molecule has 4 aromatic rings. The van der Waals surface area contributed by atoms with Crippen molar-refractivity contribution in [3.63, 3.8) is 0 Å². The first kappa shape index (κ1) is 30.7. The van der Waals surface area contributed by atoms with E-state index >= 15 is 0 Å². The zero-order chi connectivity index (χ0) is 30.3. The molecule has 0 aliphatic heterocycles. The normalized spacial score (nSPS) is 13.4. The van der Waals surface area contributed by atoms with Crippen molar-refractivity contribution in [3.8, 4) is 0 Å². The summed E-state index contributed by atoms with van der Waals surface area (Å²) in [7, 11) is 0. The number of carbonyl (C=O) groups excluding carboxylic acids is 2. The third-order valence-electron chi connectivity index (χ3n) is 7.87. The predicted octanol–water partition coefficient (Wildman–Crippen LogP) is 5.14.